The van der Waals surface area contributed by atoms with Crippen molar-refractivity contribution in [2.24, 2.45) is 0 Å². The van der Waals surface area contributed by atoms with Crippen LogP contribution in [-0.4, -0.2) is 68.6 Å². The van der Waals surface area contributed by atoms with Crippen LogP contribution in [0.1, 0.15) is 19.4 Å². The van der Waals surface area contributed by atoms with Crippen molar-refractivity contribution in [1.29, 1.82) is 0 Å². The summed E-state index contributed by atoms with van der Waals surface area (Å²) in [6, 6.07) is 15.1. The molecule has 0 saturated carbocycles. The molecule has 0 unspecified atom stereocenters. The topological polar surface area (TPSA) is 71.1 Å². The summed E-state index contributed by atoms with van der Waals surface area (Å²) in [5, 5.41) is 2.71. The lowest BCUT2D eigenvalue weighted by Gasteiger charge is -2.24. The lowest BCUT2D eigenvalue weighted by molar-refractivity contribution is -0.143. The van der Waals surface area contributed by atoms with Gasteiger partial charge < -0.3 is 24.6 Å². The number of nitrogens with zero attached hydrogens (tertiary/aromatic N) is 2. The van der Waals surface area contributed by atoms with Crippen LogP contribution in [0.2, 0.25) is 0 Å². The highest BCUT2D eigenvalue weighted by atomic mass is 16.5. The molecule has 0 atom stereocenters. The van der Waals surface area contributed by atoms with Crippen LogP contribution in [0.4, 0.5) is 5.69 Å². The summed E-state index contributed by atoms with van der Waals surface area (Å²) >= 11 is 0. The zero-order chi connectivity index (χ0) is 22.6. The average Bonchev–Trinajstić information content (AvgIpc) is 2.76. The Hall–Kier alpha value is -3.06. The Bertz CT molecular complexity index is 840. The predicted octanol–water partition coefficient (Wildman–Crippen LogP) is 3.06. The van der Waals surface area contributed by atoms with Gasteiger partial charge in [-0.05, 0) is 52.1 Å². The number of rotatable bonds is 11. The van der Waals surface area contributed by atoms with E-state index in [-0.39, 0.29) is 0 Å². The maximum Gasteiger partial charge on any atom is 0.314 e. The number of anilines is 1. The maximum atomic E-state index is 13.0. The fourth-order valence-corrected chi connectivity index (χ4v) is 3.01. The normalized spacial score (nSPS) is 10.6. The molecule has 0 aliphatic carbocycles. The first-order chi connectivity index (χ1) is 14.9. The van der Waals surface area contributed by atoms with Gasteiger partial charge in [0.15, 0.2) is 0 Å². The molecule has 7 nitrogen and oxygen atoms in total. The monoisotopic (exact) mass is 427 g/mol. The molecule has 0 heterocycles. The van der Waals surface area contributed by atoms with E-state index in [1.54, 1.807) is 23.1 Å². The van der Waals surface area contributed by atoms with Crippen molar-refractivity contribution in [3.05, 3.63) is 54.1 Å². The van der Waals surface area contributed by atoms with Crippen molar-refractivity contribution in [1.82, 2.24) is 9.80 Å². The maximum absolute atomic E-state index is 13.0. The second-order valence-corrected chi connectivity index (χ2v) is 7.31. The molecular weight excluding hydrogens is 394 g/mol. The van der Waals surface area contributed by atoms with E-state index in [0.29, 0.717) is 56.5 Å². The van der Waals surface area contributed by atoms with E-state index in [1.807, 2.05) is 63.2 Å². The fourth-order valence-electron chi connectivity index (χ4n) is 3.01. The van der Waals surface area contributed by atoms with Gasteiger partial charge in [-0.2, -0.15) is 0 Å². The van der Waals surface area contributed by atoms with Crippen LogP contribution in [0.25, 0.3) is 0 Å². The minimum Gasteiger partial charge on any atom is -0.494 e. The van der Waals surface area contributed by atoms with E-state index in [4.69, 9.17) is 9.47 Å². The quantitative estimate of drug-likeness (QED) is 0.558. The van der Waals surface area contributed by atoms with Gasteiger partial charge in [-0.25, -0.2) is 0 Å². The smallest absolute Gasteiger partial charge is 0.314 e. The van der Waals surface area contributed by atoms with Crippen LogP contribution < -0.4 is 14.8 Å². The number of amides is 2. The van der Waals surface area contributed by atoms with Crippen molar-refractivity contribution in [3.63, 3.8) is 0 Å². The highest BCUT2D eigenvalue weighted by Gasteiger charge is 2.23. The van der Waals surface area contributed by atoms with Crippen molar-refractivity contribution in [2.45, 2.75) is 20.3 Å². The average molecular weight is 428 g/mol. The summed E-state index contributed by atoms with van der Waals surface area (Å²) in [5.74, 6) is -0.165. The lowest BCUT2D eigenvalue weighted by atomic mass is 10.1. The molecule has 0 aliphatic heterocycles. The first-order valence-corrected chi connectivity index (χ1v) is 10.6. The van der Waals surface area contributed by atoms with Crippen LogP contribution in [-0.2, 0) is 16.0 Å². The standard InChI is InChI=1S/C24H33N3O4/c1-5-30-20-12-13-22(31-6-2)21(18-20)25-23(28)24(29)27(17-16-26(3)4)15-14-19-10-8-7-9-11-19/h7-13,18H,5-6,14-17H2,1-4H3,(H,25,28). The van der Waals surface area contributed by atoms with Gasteiger partial charge in [-0.15, -0.1) is 0 Å². The minimum atomic E-state index is -0.693. The van der Waals surface area contributed by atoms with E-state index in [0.717, 1.165) is 5.56 Å². The third-order valence-electron chi connectivity index (χ3n) is 4.62. The van der Waals surface area contributed by atoms with Gasteiger partial charge >= 0.3 is 11.8 Å². The Kier molecular flexibility index (Phi) is 9.84. The lowest BCUT2D eigenvalue weighted by Crippen LogP contribution is -2.43. The van der Waals surface area contributed by atoms with E-state index in [2.05, 4.69) is 5.32 Å². The van der Waals surface area contributed by atoms with Gasteiger partial charge in [0, 0.05) is 25.7 Å². The van der Waals surface area contributed by atoms with Crippen LogP contribution in [0, 0.1) is 0 Å². The van der Waals surface area contributed by atoms with Gasteiger partial charge in [-0.3, -0.25) is 9.59 Å². The van der Waals surface area contributed by atoms with Crippen molar-refractivity contribution >= 4 is 17.5 Å². The zero-order valence-corrected chi connectivity index (χ0v) is 18.9. The van der Waals surface area contributed by atoms with Gasteiger partial charge in [-0.1, -0.05) is 30.3 Å². The summed E-state index contributed by atoms with van der Waals surface area (Å²) in [6.45, 7) is 6.27. The molecule has 2 aromatic carbocycles. The highest BCUT2D eigenvalue weighted by molar-refractivity contribution is 6.39. The molecule has 0 spiro atoms. The van der Waals surface area contributed by atoms with Gasteiger partial charge in [0.25, 0.3) is 0 Å². The first kappa shape index (κ1) is 24.2. The molecule has 0 saturated heterocycles. The van der Waals surface area contributed by atoms with Crippen molar-refractivity contribution in [2.75, 3.05) is 52.3 Å². The van der Waals surface area contributed by atoms with Gasteiger partial charge in [0.2, 0.25) is 0 Å². The van der Waals surface area contributed by atoms with Gasteiger partial charge in [0.05, 0.1) is 18.9 Å². The molecule has 0 aliphatic rings. The Morgan fingerprint density at radius 3 is 2.26 bits per heavy atom. The van der Waals surface area contributed by atoms with E-state index in [1.165, 1.54) is 0 Å². The Labute approximate surface area is 184 Å². The molecule has 0 fully saturated rings. The molecule has 2 amide bonds. The molecule has 0 radical (unpaired) electrons. The number of hydrogen-bond acceptors (Lipinski definition) is 5. The van der Waals surface area contributed by atoms with Gasteiger partial charge in [0.1, 0.15) is 11.5 Å². The second-order valence-electron chi connectivity index (χ2n) is 7.31. The third kappa shape index (κ3) is 7.94. The van der Waals surface area contributed by atoms with Crippen LogP contribution >= 0.6 is 0 Å². The predicted molar refractivity (Wildman–Crippen MR) is 123 cm³/mol. The Morgan fingerprint density at radius 1 is 0.903 bits per heavy atom. The van der Waals surface area contributed by atoms with E-state index < -0.39 is 11.8 Å². The first-order valence-electron chi connectivity index (χ1n) is 10.6. The molecule has 31 heavy (non-hydrogen) atoms. The molecular formula is C24H33N3O4. The zero-order valence-electron chi connectivity index (χ0n) is 18.9. The number of hydrogen-bond donors (Lipinski definition) is 1. The van der Waals surface area contributed by atoms with Crippen LogP contribution in [0.5, 0.6) is 11.5 Å². The fraction of sp³-hybridized carbons (Fsp3) is 0.417. The largest absolute Gasteiger partial charge is 0.494 e. The number of carbonyl (C=O) groups is 2. The number of carbonyl (C=O) groups excluding carboxylic acids is 2. The van der Waals surface area contributed by atoms with E-state index >= 15 is 0 Å². The van der Waals surface area contributed by atoms with Crippen molar-refractivity contribution in [3.8, 4) is 11.5 Å². The number of benzene rings is 2. The molecule has 2 aromatic rings. The third-order valence-corrected chi connectivity index (χ3v) is 4.62. The SMILES string of the molecule is CCOc1ccc(OCC)c(NC(=O)C(=O)N(CCc2ccccc2)CCN(C)C)c1. The Morgan fingerprint density at radius 2 is 1.61 bits per heavy atom. The molecule has 2 rings (SSSR count). The van der Waals surface area contributed by atoms with Crippen LogP contribution in [0.15, 0.2) is 48.5 Å². The number of nitrogens with one attached hydrogen (secondary N) is 1. The summed E-state index contributed by atoms with van der Waals surface area (Å²) in [4.78, 5) is 29.4. The summed E-state index contributed by atoms with van der Waals surface area (Å²) in [5.41, 5.74) is 1.54. The van der Waals surface area contributed by atoms with Crippen molar-refractivity contribution < 1.29 is 19.1 Å². The molecule has 1 N–H and O–H groups in total. The summed E-state index contributed by atoms with van der Waals surface area (Å²) in [7, 11) is 3.88. The number of ether oxygens (including phenoxy) is 2. The second kappa shape index (κ2) is 12.6. The molecule has 7 heteroatoms. The highest BCUT2D eigenvalue weighted by Crippen LogP contribution is 2.29. The molecule has 168 valence electrons. The molecule has 0 aromatic heterocycles. The summed E-state index contributed by atoms with van der Waals surface area (Å²) in [6.07, 6.45) is 0.678. The summed E-state index contributed by atoms with van der Waals surface area (Å²) < 4.78 is 11.1. The van der Waals surface area contributed by atoms with E-state index in [9.17, 15) is 9.59 Å². The number of likely N-dealkylation sites (N-methyl/N-ethyl adjacent to an activating group) is 1. The minimum absolute atomic E-state index is 0.418. The Balaban J connectivity index is 2.13. The molecule has 0 bridgehead atoms. The van der Waals surface area contributed by atoms with Crippen LogP contribution in [0.3, 0.4) is 0 Å².